The Morgan fingerprint density at radius 1 is 1.57 bits per heavy atom. The number of imidazole rings is 1. The fraction of sp³-hybridized carbons (Fsp3) is 0.222. The van der Waals surface area contributed by atoms with Crippen LogP contribution in [0.15, 0.2) is 18.2 Å². The molecule has 0 fully saturated rings. The van der Waals surface area contributed by atoms with Crippen LogP contribution >= 0.6 is 0 Å². The molecule has 0 spiro atoms. The van der Waals surface area contributed by atoms with E-state index in [4.69, 9.17) is 0 Å². The summed E-state index contributed by atoms with van der Waals surface area (Å²) in [5, 5.41) is 10.3. The summed E-state index contributed by atoms with van der Waals surface area (Å²) in [7, 11) is 0. The second kappa shape index (κ2) is 3.10. The molecule has 1 N–H and O–H groups in total. The Morgan fingerprint density at radius 3 is 3.07 bits per heavy atom. The molecule has 0 bridgehead atoms. The molecular formula is C9H9N3O2. The van der Waals surface area contributed by atoms with Crippen LogP contribution in [0, 0.1) is 17.0 Å². The highest BCUT2D eigenvalue weighted by Gasteiger charge is 2.07. The van der Waals surface area contributed by atoms with Gasteiger partial charge in [0, 0.05) is 4.92 Å². The fourth-order valence-corrected chi connectivity index (χ4v) is 1.37. The van der Waals surface area contributed by atoms with Gasteiger partial charge in [0.15, 0.2) is 5.82 Å². The van der Waals surface area contributed by atoms with Crippen molar-refractivity contribution in [3.05, 3.63) is 39.7 Å². The number of nitrogens with zero attached hydrogens (tertiary/aromatic N) is 2. The molecular weight excluding hydrogens is 182 g/mol. The number of fused-ring (bicyclic) bond motifs is 1. The van der Waals surface area contributed by atoms with Crippen molar-refractivity contribution in [2.45, 2.75) is 13.5 Å². The normalized spacial score (nSPS) is 10.6. The molecule has 2 rings (SSSR count). The van der Waals surface area contributed by atoms with Gasteiger partial charge < -0.3 is 4.98 Å². The van der Waals surface area contributed by atoms with E-state index < -0.39 is 4.92 Å². The van der Waals surface area contributed by atoms with Crippen LogP contribution in [0.5, 0.6) is 0 Å². The highest BCUT2D eigenvalue weighted by Crippen LogP contribution is 2.13. The lowest BCUT2D eigenvalue weighted by molar-refractivity contribution is -0.498. The maximum atomic E-state index is 10.3. The minimum Gasteiger partial charge on any atom is -0.336 e. The summed E-state index contributed by atoms with van der Waals surface area (Å²) in [4.78, 5) is 16.9. The Morgan fingerprint density at radius 2 is 2.36 bits per heavy atom. The van der Waals surface area contributed by atoms with Gasteiger partial charge in [-0.1, -0.05) is 6.07 Å². The summed E-state index contributed by atoms with van der Waals surface area (Å²) in [5.74, 6) is 0.399. The second-order valence-electron chi connectivity index (χ2n) is 3.19. The van der Waals surface area contributed by atoms with E-state index in [0.29, 0.717) is 5.82 Å². The largest absolute Gasteiger partial charge is 0.336 e. The molecule has 0 aliphatic heterocycles. The summed E-state index contributed by atoms with van der Waals surface area (Å²) >= 11 is 0. The predicted octanol–water partition coefficient (Wildman–Crippen LogP) is 1.65. The third kappa shape index (κ3) is 1.56. The average Bonchev–Trinajstić information content (AvgIpc) is 2.44. The zero-order chi connectivity index (χ0) is 10.1. The van der Waals surface area contributed by atoms with E-state index in [1.54, 1.807) is 0 Å². The number of nitrogens with one attached hydrogen (secondary N) is 1. The van der Waals surface area contributed by atoms with Crippen molar-refractivity contribution < 1.29 is 4.92 Å². The minimum atomic E-state index is -0.398. The first-order chi connectivity index (χ1) is 6.65. The zero-order valence-corrected chi connectivity index (χ0v) is 7.65. The minimum absolute atomic E-state index is 0.256. The van der Waals surface area contributed by atoms with Crippen molar-refractivity contribution in [1.29, 1.82) is 0 Å². The topological polar surface area (TPSA) is 71.8 Å². The summed E-state index contributed by atoms with van der Waals surface area (Å²) in [6.45, 7) is 1.71. The van der Waals surface area contributed by atoms with Crippen molar-refractivity contribution >= 4 is 11.0 Å². The van der Waals surface area contributed by atoms with Gasteiger partial charge in [0.2, 0.25) is 0 Å². The number of aryl methyl sites for hydroxylation is 1. The Hall–Kier alpha value is -1.91. The number of hydrogen-bond donors (Lipinski definition) is 1. The first-order valence-electron chi connectivity index (χ1n) is 4.22. The molecule has 0 saturated carbocycles. The number of benzene rings is 1. The summed E-state index contributed by atoms with van der Waals surface area (Å²) in [6, 6.07) is 5.70. The number of hydrogen-bond acceptors (Lipinski definition) is 3. The van der Waals surface area contributed by atoms with Gasteiger partial charge >= 0.3 is 0 Å². The van der Waals surface area contributed by atoms with E-state index in [2.05, 4.69) is 9.97 Å². The molecule has 5 nitrogen and oxygen atoms in total. The van der Waals surface area contributed by atoms with Crippen molar-refractivity contribution in [1.82, 2.24) is 9.97 Å². The lowest BCUT2D eigenvalue weighted by Crippen LogP contribution is -1.99. The molecule has 0 amide bonds. The molecule has 0 unspecified atom stereocenters. The van der Waals surface area contributed by atoms with E-state index in [9.17, 15) is 10.1 Å². The molecule has 0 aliphatic rings. The zero-order valence-electron chi connectivity index (χ0n) is 7.65. The van der Waals surface area contributed by atoms with E-state index in [1.165, 1.54) is 0 Å². The molecule has 0 saturated heterocycles. The molecule has 0 aliphatic carbocycles. The highest BCUT2D eigenvalue weighted by atomic mass is 16.6. The Balaban J connectivity index is 2.46. The van der Waals surface area contributed by atoms with Gasteiger partial charge in [-0.3, -0.25) is 10.1 Å². The van der Waals surface area contributed by atoms with Gasteiger partial charge in [-0.25, -0.2) is 4.98 Å². The van der Waals surface area contributed by atoms with Crippen LogP contribution in [-0.2, 0) is 6.54 Å². The smallest absolute Gasteiger partial charge is 0.260 e. The van der Waals surface area contributed by atoms with E-state index in [-0.39, 0.29) is 6.54 Å². The van der Waals surface area contributed by atoms with Gasteiger partial charge in [0.1, 0.15) is 0 Å². The molecule has 1 aromatic heterocycles. The maximum absolute atomic E-state index is 10.3. The molecule has 1 aromatic carbocycles. The Labute approximate surface area is 79.9 Å². The standard InChI is InChI=1S/C9H9N3O2/c1-6-2-3-7-8(4-6)11-9(10-7)5-12(13)14/h2-4H,5H2,1H3,(H,10,11). The monoisotopic (exact) mass is 191 g/mol. The van der Waals surface area contributed by atoms with Crippen molar-refractivity contribution in [2.24, 2.45) is 0 Å². The third-order valence-corrected chi connectivity index (χ3v) is 1.97. The predicted molar refractivity (Wildman–Crippen MR) is 51.5 cm³/mol. The third-order valence-electron chi connectivity index (χ3n) is 1.97. The van der Waals surface area contributed by atoms with Crippen LogP contribution in [0.4, 0.5) is 0 Å². The van der Waals surface area contributed by atoms with Crippen molar-refractivity contribution in [2.75, 3.05) is 0 Å². The molecule has 1 heterocycles. The molecule has 0 radical (unpaired) electrons. The Bertz CT molecular complexity index is 490. The van der Waals surface area contributed by atoms with Crippen LogP contribution in [0.1, 0.15) is 11.4 Å². The molecule has 14 heavy (non-hydrogen) atoms. The van der Waals surface area contributed by atoms with E-state index in [1.807, 2.05) is 25.1 Å². The lowest BCUT2D eigenvalue weighted by Gasteiger charge is -1.89. The first kappa shape index (κ1) is 8.68. The van der Waals surface area contributed by atoms with E-state index in [0.717, 1.165) is 16.6 Å². The SMILES string of the molecule is Cc1ccc2nc(C[N+](=O)[O-])[nH]c2c1. The van der Waals surface area contributed by atoms with Gasteiger partial charge in [-0.15, -0.1) is 0 Å². The Kier molecular flexibility index (Phi) is 1.92. The summed E-state index contributed by atoms with van der Waals surface area (Å²) < 4.78 is 0. The molecule has 0 atom stereocenters. The van der Waals surface area contributed by atoms with Crippen molar-refractivity contribution in [3.8, 4) is 0 Å². The fourth-order valence-electron chi connectivity index (χ4n) is 1.37. The van der Waals surface area contributed by atoms with Gasteiger partial charge in [-0.2, -0.15) is 0 Å². The summed E-state index contributed by atoms with van der Waals surface area (Å²) in [6.07, 6.45) is 0. The number of H-pyrrole nitrogens is 1. The van der Waals surface area contributed by atoms with Gasteiger partial charge in [0.25, 0.3) is 6.54 Å². The number of nitro groups is 1. The van der Waals surface area contributed by atoms with Crippen LogP contribution in [0.3, 0.4) is 0 Å². The second-order valence-corrected chi connectivity index (χ2v) is 3.19. The van der Waals surface area contributed by atoms with Crippen LogP contribution in [0.2, 0.25) is 0 Å². The first-order valence-corrected chi connectivity index (χ1v) is 4.22. The van der Waals surface area contributed by atoms with Crippen LogP contribution < -0.4 is 0 Å². The average molecular weight is 191 g/mol. The number of aromatic amines is 1. The highest BCUT2D eigenvalue weighted by molar-refractivity contribution is 5.75. The van der Waals surface area contributed by atoms with Gasteiger partial charge in [0.05, 0.1) is 11.0 Å². The quantitative estimate of drug-likeness (QED) is 0.579. The van der Waals surface area contributed by atoms with E-state index >= 15 is 0 Å². The van der Waals surface area contributed by atoms with Gasteiger partial charge in [-0.05, 0) is 24.6 Å². The van der Waals surface area contributed by atoms with Crippen LogP contribution in [-0.4, -0.2) is 14.9 Å². The summed E-state index contributed by atoms with van der Waals surface area (Å²) in [5.41, 5.74) is 2.73. The number of aromatic nitrogens is 2. The molecule has 5 heteroatoms. The number of rotatable bonds is 2. The maximum Gasteiger partial charge on any atom is 0.260 e. The lowest BCUT2D eigenvalue weighted by atomic mass is 10.2. The van der Waals surface area contributed by atoms with Crippen molar-refractivity contribution in [3.63, 3.8) is 0 Å². The van der Waals surface area contributed by atoms with Crippen LogP contribution in [0.25, 0.3) is 11.0 Å². The molecule has 72 valence electrons. The molecule has 2 aromatic rings.